The highest BCUT2D eigenvalue weighted by molar-refractivity contribution is 4.77. The zero-order valence-electron chi connectivity index (χ0n) is 12.5. The van der Waals surface area contributed by atoms with Crippen LogP contribution in [0.2, 0.25) is 0 Å². The molecule has 0 heterocycles. The molecule has 0 saturated carbocycles. The van der Waals surface area contributed by atoms with Crippen LogP contribution >= 0.6 is 0 Å². The van der Waals surface area contributed by atoms with Gasteiger partial charge in [0.1, 0.15) is 0 Å². The second kappa shape index (κ2) is 8.47. The van der Waals surface area contributed by atoms with Crippen LogP contribution in [0, 0.1) is 17.2 Å². The third kappa shape index (κ3) is 10.5. The molecule has 106 valence electrons. The number of nitriles is 1. The summed E-state index contributed by atoms with van der Waals surface area (Å²) in [6, 6.07) is 2.16. The molecule has 1 unspecified atom stereocenters. The van der Waals surface area contributed by atoms with Gasteiger partial charge in [0.15, 0.2) is 0 Å². The number of nitrogens with one attached hydrogen (secondary N) is 1. The van der Waals surface area contributed by atoms with Crippen molar-refractivity contribution in [3.05, 3.63) is 0 Å². The van der Waals surface area contributed by atoms with E-state index in [0.717, 1.165) is 13.1 Å². The number of hydrogen-bond donors (Lipinski definition) is 2. The van der Waals surface area contributed by atoms with Crippen molar-refractivity contribution in [1.29, 1.82) is 5.26 Å². The van der Waals surface area contributed by atoms with Crippen LogP contribution in [0.5, 0.6) is 0 Å². The number of aliphatic hydroxyl groups is 1. The summed E-state index contributed by atoms with van der Waals surface area (Å²) in [7, 11) is 0. The lowest BCUT2D eigenvalue weighted by molar-refractivity contribution is 0.1000. The van der Waals surface area contributed by atoms with Crippen LogP contribution in [0.25, 0.3) is 0 Å². The third-order valence-corrected chi connectivity index (χ3v) is 2.50. The van der Waals surface area contributed by atoms with Gasteiger partial charge in [-0.1, -0.05) is 13.8 Å². The Morgan fingerprint density at radius 3 is 2.33 bits per heavy atom. The van der Waals surface area contributed by atoms with Crippen molar-refractivity contribution in [2.75, 3.05) is 26.2 Å². The molecule has 0 rings (SSSR count). The smallest absolute Gasteiger partial charge is 0.0791 e. The third-order valence-electron chi connectivity index (χ3n) is 2.50. The van der Waals surface area contributed by atoms with E-state index >= 15 is 0 Å². The van der Waals surface area contributed by atoms with Gasteiger partial charge >= 0.3 is 0 Å². The molecular weight excluding hydrogens is 226 g/mol. The first-order valence-electron chi connectivity index (χ1n) is 6.77. The van der Waals surface area contributed by atoms with Gasteiger partial charge in [-0.25, -0.2) is 0 Å². The summed E-state index contributed by atoms with van der Waals surface area (Å²) in [6.45, 7) is 13.4. The fourth-order valence-corrected chi connectivity index (χ4v) is 1.77. The molecule has 0 aliphatic carbocycles. The predicted octanol–water partition coefficient (Wildman–Crippen LogP) is 1.61. The van der Waals surface area contributed by atoms with E-state index in [-0.39, 0.29) is 11.6 Å². The Morgan fingerprint density at radius 2 is 1.89 bits per heavy atom. The van der Waals surface area contributed by atoms with E-state index in [9.17, 15) is 5.11 Å². The highest BCUT2D eigenvalue weighted by atomic mass is 16.3. The summed E-state index contributed by atoms with van der Waals surface area (Å²) in [5.74, 6) is 0.548. The Hall–Kier alpha value is -0.630. The van der Waals surface area contributed by atoms with E-state index in [2.05, 4.69) is 50.9 Å². The van der Waals surface area contributed by atoms with Crippen LogP contribution < -0.4 is 5.32 Å². The van der Waals surface area contributed by atoms with E-state index in [4.69, 9.17) is 5.26 Å². The van der Waals surface area contributed by atoms with Crippen LogP contribution in [-0.2, 0) is 0 Å². The zero-order valence-corrected chi connectivity index (χ0v) is 12.5. The quantitative estimate of drug-likeness (QED) is 0.692. The standard InChI is InChI=1S/C14H29N3O/c1-12(2)10-17(8-6-7-15)11-13(18)9-16-14(3,4)5/h12-13,16,18H,6,8-11H2,1-5H3. The molecule has 0 aliphatic heterocycles. The average molecular weight is 255 g/mol. The monoisotopic (exact) mass is 255 g/mol. The van der Waals surface area contributed by atoms with Crippen LogP contribution in [0.3, 0.4) is 0 Å². The van der Waals surface area contributed by atoms with E-state index < -0.39 is 0 Å². The Kier molecular flexibility index (Phi) is 8.17. The summed E-state index contributed by atoms with van der Waals surface area (Å²) in [5.41, 5.74) is 0.0243. The SMILES string of the molecule is CC(C)CN(CCC#N)CC(O)CNC(C)(C)C. The highest BCUT2D eigenvalue weighted by Gasteiger charge is 2.15. The normalized spacial score (nSPS) is 13.9. The number of β-amino-alcohol motifs (C(OH)–C–C–N with tert-alkyl or cyclic N) is 1. The van der Waals surface area contributed by atoms with Gasteiger partial charge in [-0.15, -0.1) is 0 Å². The Bertz CT molecular complexity index is 253. The first-order valence-corrected chi connectivity index (χ1v) is 6.77. The zero-order chi connectivity index (χ0) is 14.2. The van der Waals surface area contributed by atoms with E-state index in [1.54, 1.807) is 0 Å². The molecule has 0 spiro atoms. The number of hydrogen-bond acceptors (Lipinski definition) is 4. The molecule has 0 aromatic rings. The highest BCUT2D eigenvalue weighted by Crippen LogP contribution is 2.03. The van der Waals surface area contributed by atoms with Gasteiger partial charge in [-0.05, 0) is 26.7 Å². The van der Waals surface area contributed by atoms with Crippen molar-refractivity contribution < 1.29 is 5.11 Å². The molecule has 0 aromatic heterocycles. The van der Waals surface area contributed by atoms with Crippen molar-refractivity contribution >= 4 is 0 Å². The van der Waals surface area contributed by atoms with Crippen LogP contribution in [-0.4, -0.2) is 47.8 Å². The molecule has 0 radical (unpaired) electrons. The van der Waals surface area contributed by atoms with Gasteiger partial charge in [0.25, 0.3) is 0 Å². The maximum absolute atomic E-state index is 10.0. The minimum Gasteiger partial charge on any atom is -0.390 e. The molecular formula is C14H29N3O. The summed E-state index contributed by atoms with van der Waals surface area (Å²) in [4.78, 5) is 2.17. The molecule has 0 aromatic carbocycles. The van der Waals surface area contributed by atoms with Gasteiger partial charge in [0.05, 0.1) is 12.2 Å². The molecule has 2 N–H and O–H groups in total. The molecule has 0 bridgehead atoms. The molecule has 18 heavy (non-hydrogen) atoms. The number of nitrogens with zero attached hydrogens (tertiary/aromatic N) is 2. The number of rotatable bonds is 8. The molecule has 4 heteroatoms. The van der Waals surface area contributed by atoms with Crippen molar-refractivity contribution in [3.63, 3.8) is 0 Å². The van der Waals surface area contributed by atoms with Crippen molar-refractivity contribution in [3.8, 4) is 6.07 Å². The van der Waals surface area contributed by atoms with Crippen molar-refractivity contribution in [2.45, 2.75) is 52.7 Å². The summed E-state index contributed by atoms with van der Waals surface area (Å²) in [5, 5.41) is 21.9. The average Bonchev–Trinajstić information content (AvgIpc) is 2.21. The minimum atomic E-state index is -0.387. The molecule has 0 amide bonds. The summed E-state index contributed by atoms with van der Waals surface area (Å²) >= 11 is 0. The van der Waals surface area contributed by atoms with E-state index in [0.29, 0.717) is 25.4 Å². The maximum Gasteiger partial charge on any atom is 0.0791 e. The van der Waals surface area contributed by atoms with Gasteiger partial charge < -0.3 is 10.4 Å². The lowest BCUT2D eigenvalue weighted by Crippen LogP contribution is -2.45. The summed E-state index contributed by atoms with van der Waals surface area (Å²) in [6.07, 6.45) is 0.133. The summed E-state index contributed by atoms with van der Waals surface area (Å²) < 4.78 is 0. The maximum atomic E-state index is 10.0. The van der Waals surface area contributed by atoms with Crippen LogP contribution in [0.1, 0.15) is 41.0 Å². The topological polar surface area (TPSA) is 59.3 Å². The fourth-order valence-electron chi connectivity index (χ4n) is 1.77. The van der Waals surface area contributed by atoms with Crippen molar-refractivity contribution in [1.82, 2.24) is 10.2 Å². The lowest BCUT2D eigenvalue weighted by atomic mass is 10.1. The molecule has 0 aliphatic rings. The largest absolute Gasteiger partial charge is 0.390 e. The molecule has 1 atom stereocenters. The van der Waals surface area contributed by atoms with Gasteiger partial charge in [0.2, 0.25) is 0 Å². The number of aliphatic hydroxyl groups excluding tert-OH is 1. The minimum absolute atomic E-state index is 0.0243. The second-order valence-electron chi connectivity index (χ2n) is 6.35. The lowest BCUT2D eigenvalue weighted by Gasteiger charge is -2.28. The first-order chi connectivity index (χ1) is 8.24. The van der Waals surface area contributed by atoms with E-state index in [1.807, 2.05) is 0 Å². The van der Waals surface area contributed by atoms with Gasteiger partial charge in [-0.3, -0.25) is 4.90 Å². The van der Waals surface area contributed by atoms with Crippen LogP contribution in [0.4, 0.5) is 0 Å². The molecule has 0 saturated heterocycles. The molecule has 0 fully saturated rings. The second-order valence-corrected chi connectivity index (χ2v) is 6.35. The predicted molar refractivity (Wildman–Crippen MR) is 75.3 cm³/mol. The Labute approximate surface area is 112 Å². The Morgan fingerprint density at radius 1 is 1.28 bits per heavy atom. The van der Waals surface area contributed by atoms with Crippen molar-refractivity contribution in [2.24, 2.45) is 5.92 Å². The fraction of sp³-hybridized carbons (Fsp3) is 0.929. The van der Waals surface area contributed by atoms with Gasteiger partial charge in [0, 0.05) is 38.1 Å². The van der Waals surface area contributed by atoms with Gasteiger partial charge in [-0.2, -0.15) is 5.26 Å². The molecule has 4 nitrogen and oxygen atoms in total. The first kappa shape index (κ1) is 17.4. The Balaban J connectivity index is 4.09. The van der Waals surface area contributed by atoms with Crippen LogP contribution in [0.15, 0.2) is 0 Å². The van der Waals surface area contributed by atoms with E-state index in [1.165, 1.54) is 0 Å².